The Labute approximate surface area is 194 Å². The number of allylic oxidation sites excluding steroid dienone is 1. The zero-order chi connectivity index (χ0) is 23.3. The second-order valence-corrected chi connectivity index (χ2v) is 8.03. The highest BCUT2D eigenvalue weighted by Crippen LogP contribution is 2.39. The number of carbonyl (C=O) groups excluding carboxylic acids is 1. The van der Waals surface area contributed by atoms with Gasteiger partial charge in [-0.2, -0.15) is 0 Å². The number of aliphatic hydroxyl groups excluding tert-OH is 1. The van der Waals surface area contributed by atoms with E-state index >= 15 is 0 Å². The van der Waals surface area contributed by atoms with E-state index in [2.05, 4.69) is 15.5 Å². The number of benzene rings is 2. The van der Waals surface area contributed by atoms with Crippen molar-refractivity contribution in [2.24, 2.45) is 10.2 Å². The molecule has 0 fully saturated rings. The average molecular weight is 504 g/mol. The van der Waals surface area contributed by atoms with Crippen LogP contribution in [0.25, 0.3) is 11.1 Å². The van der Waals surface area contributed by atoms with Crippen LogP contribution >= 0.6 is 35.0 Å². The maximum absolute atomic E-state index is 14.6. The molecule has 0 bridgehead atoms. The molecule has 2 N–H and O–H groups in total. The fourth-order valence-corrected chi connectivity index (χ4v) is 3.50. The topological polar surface area (TPSA) is 83.3 Å². The summed E-state index contributed by atoms with van der Waals surface area (Å²) in [6, 6.07) is 5.90. The molecule has 0 saturated carbocycles. The molecule has 1 heterocycles. The van der Waals surface area contributed by atoms with Gasteiger partial charge >= 0.3 is 6.03 Å². The van der Waals surface area contributed by atoms with E-state index < -0.39 is 30.8 Å². The van der Waals surface area contributed by atoms with Gasteiger partial charge in [-0.25, -0.2) is 18.0 Å². The van der Waals surface area contributed by atoms with Crippen molar-refractivity contribution < 1.29 is 27.8 Å². The first-order valence-corrected chi connectivity index (χ1v) is 10.5. The molecule has 0 unspecified atom stereocenters. The molecule has 0 saturated heterocycles. The number of carbonyl (C=O) groups is 1. The number of azo groups is 1. The second kappa shape index (κ2) is 10.8. The predicted octanol–water partition coefficient (Wildman–Crippen LogP) is 7.09. The summed E-state index contributed by atoms with van der Waals surface area (Å²) >= 11 is 13.3. The fourth-order valence-electron chi connectivity index (χ4n) is 2.54. The van der Waals surface area contributed by atoms with Gasteiger partial charge in [0.15, 0.2) is 0 Å². The molecule has 2 amide bonds. The number of ether oxygens (including phenoxy) is 1. The third-order valence-electron chi connectivity index (χ3n) is 4.03. The Morgan fingerprint density at radius 3 is 2.59 bits per heavy atom. The quantitative estimate of drug-likeness (QED) is 0.312. The van der Waals surface area contributed by atoms with Crippen LogP contribution in [0, 0.1) is 5.82 Å². The molecule has 0 aromatic heterocycles. The average Bonchev–Trinajstić information content (AvgIpc) is 2.68. The summed E-state index contributed by atoms with van der Waals surface area (Å²) in [4.78, 5) is 12.2. The molecule has 2 aromatic carbocycles. The predicted molar refractivity (Wildman–Crippen MR) is 117 cm³/mol. The van der Waals surface area contributed by atoms with Gasteiger partial charge in [0, 0.05) is 22.7 Å². The third-order valence-corrected chi connectivity index (χ3v) is 5.37. The van der Waals surface area contributed by atoms with Crippen molar-refractivity contribution in [3.63, 3.8) is 0 Å². The van der Waals surface area contributed by atoms with Gasteiger partial charge < -0.3 is 15.2 Å². The molecule has 2 aromatic rings. The van der Waals surface area contributed by atoms with Gasteiger partial charge in [0.25, 0.3) is 6.43 Å². The smallest absolute Gasteiger partial charge is 0.359 e. The van der Waals surface area contributed by atoms with Gasteiger partial charge in [0.2, 0.25) is 5.88 Å². The van der Waals surface area contributed by atoms with E-state index in [1.54, 1.807) is 11.5 Å². The van der Waals surface area contributed by atoms with E-state index in [1.165, 1.54) is 36.0 Å². The number of hydrogen-bond donors (Lipinski definition) is 2. The zero-order valence-electron chi connectivity index (χ0n) is 16.0. The summed E-state index contributed by atoms with van der Waals surface area (Å²) in [5.74, 6) is -1.13. The van der Waals surface area contributed by atoms with Gasteiger partial charge in [0.1, 0.15) is 18.2 Å². The Hall–Kier alpha value is -2.69. The van der Waals surface area contributed by atoms with Gasteiger partial charge in [0.05, 0.1) is 9.93 Å². The van der Waals surface area contributed by atoms with E-state index in [0.29, 0.717) is 4.91 Å². The highest BCUT2D eigenvalue weighted by molar-refractivity contribution is 8.07. The van der Waals surface area contributed by atoms with E-state index in [-0.39, 0.29) is 39.0 Å². The lowest BCUT2D eigenvalue weighted by Crippen LogP contribution is -2.19. The molecule has 0 spiro atoms. The standard InChI is InChI=1S/C20H14Cl2F3N3O3S/c21-12-6-13(18(14(22)7-12)31-9-17(24)25)10-1-2-11(15(23)5-10)8-26-20(30)28-27-19(29)16-3-4-32-16/h1-7,17,29H,8-9H2,(H,26,30). The van der Waals surface area contributed by atoms with Crippen molar-refractivity contribution in [2.75, 3.05) is 6.61 Å². The van der Waals surface area contributed by atoms with Crippen LogP contribution in [0.5, 0.6) is 5.75 Å². The SMILES string of the molecule is O=C(N=NC(O)=C1C=CS1)NCc1ccc(-c2cc(Cl)cc(Cl)c2OCC(F)F)cc1F. The Bertz CT molecular complexity index is 1130. The minimum Gasteiger partial charge on any atom is -0.491 e. The number of halogens is 5. The molecule has 1 aliphatic rings. The number of nitrogens with zero attached hydrogens (tertiary/aromatic N) is 2. The number of thioether (sulfide) groups is 1. The summed E-state index contributed by atoms with van der Waals surface area (Å²) in [7, 11) is 0. The largest absolute Gasteiger partial charge is 0.491 e. The number of rotatable bonds is 7. The van der Waals surface area contributed by atoms with Gasteiger partial charge in [-0.1, -0.05) is 52.2 Å². The van der Waals surface area contributed by atoms with E-state index in [1.807, 2.05) is 0 Å². The van der Waals surface area contributed by atoms with E-state index in [4.69, 9.17) is 27.9 Å². The summed E-state index contributed by atoms with van der Waals surface area (Å²) in [6.07, 6.45) is -1.12. The molecule has 0 atom stereocenters. The number of hydrogen-bond acceptors (Lipinski definition) is 5. The van der Waals surface area contributed by atoms with Crippen LogP contribution in [-0.2, 0) is 6.54 Å². The Kier molecular flexibility index (Phi) is 8.05. The lowest BCUT2D eigenvalue weighted by atomic mass is 10.0. The summed E-state index contributed by atoms with van der Waals surface area (Å²) < 4.78 is 44.8. The summed E-state index contributed by atoms with van der Waals surface area (Å²) in [6.45, 7) is -1.10. The van der Waals surface area contributed by atoms with Crippen LogP contribution in [0.2, 0.25) is 10.0 Å². The summed E-state index contributed by atoms with van der Waals surface area (Å²) in [5, 5.41) is 20.5. The van der Waals surface area contributed by atoms with Crippen LogP contribution in [0.1, 0.15) is 5.56 Å². The zero-order valence-corrected chi connectivity index (χ0v) is 18.3. The molecule has 32 heavy (non-hydrogen) atoms. The Morgan fingerprint density at radius 1 is 1.22 bits per heavy atom. The van der Waals surface area contributed by atoms with Gasteiger partial charge in [-0.3, -0.25) is 0 Å². The molecule has 168 valence electrons. The minimum absolute atomic E-state index is 0.00396. The Morgan fingerprint density at radius 2 is 1.97 bits per heavy atom. The molecule has 12 heteroatoms. The molecule has 0 radical (unpaired) electrons. The van der Waals surface area contributed by atoms with Crippen molar-refractivity contribution >= 4 is 41.0 Å². The van der Waals surface area contributed by atoms with E-state index in [0.717, 1.165) is 6.07 Å². The maximum atomic E-state index is 14.6. The van der Waals surface area contributed by atoms with Crippen molar-refractivity contribution in [1.82, 2.24) is 5.32 Å². The van der Waals surface area contributed by atoms with Gasteiger partial charge in [-0.05, 0) is 35.2 Å². The highest BCUT2D eigenvalue weighted by Gasteiger charge is 2.17. The molecule has 1 aliphatic heterocycles. The summed E-state index contributed by atoms with van der Waals surface area (Å²) in [5.41, 5.74) is 0.645. The van der Waals surface area contributed by atoms with Crippen LogP contribution < -0.4 is 10.1 Å². The maximum Gasteiger partial charge on any atom is 0.359 e. The van der Waals surface area contributed by atoms with Crippen molar-refractivity contribution in [3.05, 3.63) is 74.0 Å². The number of aliphatic hydroxyl groups is 1. The van der Waals surface area contributed by atoms with Crippen molar-refractivity contribution in [3.8, 4) is 16.9 Å². The van der Waals surface area contributed by atoms with Crippen LogP contribution in [-0.4, -0.2) is 24.2 Å². The number of urea groups is 1. The monoisotopic (exact) mass is 503 g/mol. The van der Waals surface area contributed by atoms with Crippen LogP contribution in [0.3, 0.4) is 0 Å². The first-order valence-electron chi connectivity index (χ1n) is 8.89. The van der Waals surface area contributed by atoms with Crippen molar-refractivity contribution in [2.45, 2.75) is 13.0 Å². The normalized spacial score (nSPS) is 14.6. The lowest BCUT2D eigenvalue weighted by molar-refractivity contribution is 0.0822. The number of amides is 2. The first-order chi connectivity index (χ1) is 15.2. The Balaban J connectivity index is 1.73. The van der Waals surface area contributed by atoms with Crippen LogP contribution in [0.4, 0.5) is 18.0 Å². The first kappa shape index (κ1) is 24.0. The van der Waals surface area contributed by atoms with Crippen LogP contribution in [0.15, 0.2) is 62.8 Å². The minimum atomic E-state index is -2.73. The van der Waals surface area contributed by atoms with Gasteiger partial charge in [-0.15, -0.1) is 5.11 Å². The third kappa shape index (κ3) is 6.18. The second-order valence-electron chi connectivity index (χ2n) is 6.24. The number of nitrogens with one attached hydrogen (secondary N) is 1. The van der Waals surface area contributed by atoms with Crippen molar-refractivity contribution in [1.29, 1.82) is 0 Å². The molecule has 0 aliphatic carbocycles. The molecule has 6 nitrogen and oxygen atoms in total. The fraction of sp³-hybridized carbons (Fsp3) is 0.150. The number of alkyl halides is 2. The lowest BCUT2D eigenvalue weighted by Gasteiger charge is -2.15. The molecular weight excluding hydrogens is 490 g/mol. The van der Waals surface area contributed by atoms with E-state index in [9.17, 15) is 23.1 Å². The molecule has 3 rings (SSSR count). The molecular formula is C20H14Cl2F3N3O3S. The highest BCUT2D eigenvalue weighted by atomic mass is 35.5.